The second kappa shape index (κ2) is 8.34. The van der Waals surface area contributed by atoms with Crippen LogP contribution in [0.25, 0.3) is 10.9 Å². The number of para-hydroxylation sites is 1. The molecule has 29 heavy (non-hydrogen) atoms. The fourth-order valence-corrected chi connectivity index (χ4v) is 3.81. The highest BCUT2D eigenvalue weighted by molar-refractivity contribution is 5.98. The summed E-state index contributed by atoms with van der Waals surface area (Å²) in [6, 6.07) is 13.1. The van der Waals surface area contributed by atoms with Crippen LogP contribution >= 0.6 is 0 Å². The Kier molecular flexibility index (Phi) is 5.46. The van der Waals surface area contributed by atoms with Gasteiger partial charge >= 0.3 is 0 Å². The van der Waals surface area contributed by atoms with Crippen LogP contribution in [-0.2, 0) is 11.3 Å². The molecule has 0 saturated carbocycles. The summed E-state index contributed by atoms with van der Waals surface area (Å²) in [5.74, 6) is 0.469. The van der Waals surface area contributed by atoms with Gasteiger partial charge in [0.05, 0.1) is 24.7 Å². The highest BCUT2D eigenvalue weighted by atomic mass is 16.5. The Bertz CT molecular complexity index is 1030. The number of benzene rings is 2. The van der Waals surface area contributed by atoms with Crippen LogP contribution < -0.4 is 10.1 Å². The van der Waals surface area contributed by atoms with Crippen molar-refractivity contribution in [1.82, 2.24) is 20.4 Å². The third kappa shape index (κ3) is 4.08. The van der Waals surface area contributed by atoms with Crippen molar-refractivity contribution in [2.24, 2.45) is 5.92 Å². The second-order valence-electron chi connectivity index (χ2n) is 7.29. The van der Waals surface area contributed by atoms with Gasteiger partial charge in [-0.25, -0.2) is 0 Å². The summed E-state index contributed by atoms with van der Waals surface area (Å²) in [7, 11) is 1.62. The molecule has 150 valence electrons. The van der Waals surface area contributed by atoms with Gasteiger partial charge in [0.1, 0.15) is 5.75 Å². The quantitative estimate of drug-likeness (QED) is 0.699. The number of piperidine rings is 1. The summed E-state index contributed by atoms with van der Waals surface area (Å²) in [6.07, 6.45) is 3.30. The molecule has 1 unspecified atom stereocenters. The number of carbonyl (C=O) groups excluding carboxylic acids is 2. The number of amides is 2. The predicted octanol–water partition coefficient (Wildman–Crippen LogP) is 2.74. The van der Waals surface area contributed by atoms with E-state index in [2.05, 4.69) is 15.5 Å². The number of aromatic nitrogens is 2. The maximum absolute atomic E-state index is 12.9. The average Bonchev–Trinajstić information content (AvgIpc) is 3.25. The first kappa shape index (κ1) is 19.0. The number of nitrogens with zero attached hydrogens (tertiary/aromatic N) is 2. The Morgan fingerprint density at radius 3 is 3.00 bits per heavy atom. The van der Waals surface area contributed by atoms with Crippen molar-refractivity contribution in [2.45, 2.75) is 19.4 Å². The number of carbonyl (C=O) groups is 2. The Labute approximate surface area is 169 Å². The molecule has 7 nitrogen and oxygen atoms in total. The molecule has 2 amide bonds. The molecule has 0 radical (unpaired) electrons. The van der Waals surface area contributed by atoms with E-state index in [1.54, 1.807) is 24.3 Å². The first-order valence-corrected chi connectivity index (χ1v) is 9.77. The van der Waals surface area contributed by atoms with Crippen molar-refractivity contribution < 1.29 is 14.3 Å². The number of likely N-dealkylation sites (tertiary alicyclic amines) is 1. The Morgan fingerprint density at radius 2 is 2.14 bits per heavy atom. The Morgan fingerprint density at radius 1 is 1.28 bits per heavy atom. The fourth-order valence-electron chi connectivity index (χ4n) is 3.81. The van der Waals surface area contributed by atoms with E-state index >= 15 is 0 Å². The summed E-state index contributed by atoms with van der Waals surface area (Å²) < 4.78 is 5.33. The lowest BCUT2D eigenvalue weighted by atomic mass is 9.96. The first-order valence-electron chi connectivity index (χ1n) is 9.77. The molecule has 1 atom stereocenters. The average molecular weight is 392 g/mol. The molecule has 0 spiro atoms. The molecule has 0 bridgehead atoms. The molecule has 1 saturated heterocycles. The third-order valence-corrected chi connectivity index (χ3v) is 5.41. The molecule has 2 heterocycles. The van der Waals surface area contributed by atoms with Crippen LogP contribution in [-0.4, -0.2) is 47.1 Å². The van der Waals surface area contributed by atoms with E-state index < -0.39 is 0 Å². The SMILES string of the molecule is COc1ccccc1CNC(=O)C1CCCN(C(=O)c2ccc3[nH]ncc3c2)C1. The van der Waals surface area contributed by atoms with Crippen molar-refractivity contribution >= 4 is 22.7 Å². The normalized spacial score (nSPS) is 16.6. The molecule has 1 aromatic heterocycles. The van der Waals surface area contributed by atoms with Crippen molar-refractivity contribution in [2.75, 3.05) is 20.2 Å². The van der Waals surface area contributed by atoms with Gasteiger partial charge in [0, 0.05) is 36.1 Å². The highest BCUT2D eigenvalue weighted by Gasteiger charge is 2.29. The van der Waals surface area contributed by atoms with E-state index in [0.717, 1.165) is 35.1 Å². The monoisotopic (exact) mass is 392 g/mol. The zero-order valence-corrected chi connectivity index (χ0v) is 16.4. The maximum atomic E-state index is 12.9. The topological polar surface area (TPSA) is 87.3 Å². The third-order valence-electron chi connectivity index (χ3n) is 5.41. The van der Waals surface area contributed by atoms with Crippen molar-refractivity contribution in [1.29, 1.82) is 0 Å². The van der Waals surface area contributed by atoms with Gasteiger partial charge < -0.3 is 15.0 Å². The number of aromatic amines is 1. The molecule has 4 rings (SSSR count). The minimum atomic E-state index is -0.208. The van der Waals surface area contributed by atoms with Gasteiger partial charge in [-0.1, -0.05) is 18.2 Å². The van der Waals surface area contributed by atoms with E-state index in [0.29, 0.717) is 25.2 Å². The molecule has 1 fully saturated rings. The lowest BCUT2D eigenvalue weighted by Crippen LogP contribution is -2.45. The predicted molar refractivity (Wildman–Crippen MR) is 110 cm³/mol. The molecule has 2 N–H and O–H groups in total. The zero-order chi connectivity index (χ0) is 20.2. The number of hydrogen-bond acceptors (Lipinski definition) is 4. The largest absolute Gasteiger partial charge is 0.496 e. The van der Waals surface area contributed by atoms with E-state index in [1.807, 2.05) is 36.4 Å². The van der Waals surface area contributed by atoms with Crippen LogP contribution in [0.1, 0.15) is 28.8 Å². The summed E-state index contributed by atoms with van der Waals surface area (Å²) in [5, 5.41) is 10.8. The van der Waals surface area contributed by atoms with Crippen molar-refractivity contribution in [3.05, 3.63) is 59.8 Å². The van der Waals surface area contributed by atoms with E-state index in [-0.39, 0.29) is 17.7 Å². The Hall–Kier alpha value is -3.35. The highest BCUT2D eigenvalue weighted by Crippen LogP contribution is 2.22. The standard InChI is InChI=1S/C22H24N4O3/c1-29-20-7-3-2-5-16(20)12-23-21(27)17-6-4-10-26(14-17)22(28)15-8-9-19-18(11-15)13-24-25-19/h2-3,5,7-9,11,13,17H,4,6,10,12,14H2,1H3,(H,23,27)(H,24,25). The number of hydrogen-bond donors (Lipinski definition) is 2. The first-order chi connectivity index (χ1) is 14.2. The van der Waals surface area contributed by atoms with Gasteiger partial charge in [0.15, 0.2) is 0 Å². The van der Waals surface area contributed by atoms with Crippen LogP contribution in [0.4, 0.5) is 0 Å². The van der Waals surface area contributed by atoms with Crippen LogP contribution in [0.2, 0.25) is 0 Å². The fraction of sp³-hybridized carbons (Fsp3) is 0.318. The number of nitrogens with one attached hydrogen (secondary N) is 2. The summed E-state index contributed by atoms with van der Waals surface area (Å²) in [5.41, 5.74) is 2.45. The van der Waals surface area contributed by atoms with E-state index in [1.165, 1.54) is 0 Å². The minimum absolute atomic E-state index is 0.0290. The smallest absolute Gasteiger partial charge is 0.253 e. The summed E-state index contributed by atoms with van der Waals surface area (Å²) in [4.78, 5) is 27.4. The van der Waals surface area contributed by atoms with Gasteiger partial charge in [-0.3, -0.25) is 14.7 Å². The molecule has 0 aliphatic carbocycles. The number of rotatable bonds is 5. The molecule has 7 heteroatoms. The number of fused-ring (bicyclic) bond motifs is 1. The zero-order valence-electron chi connectivity index (χ0n) is 16.4. The van der Waals surface area contributed by atoms with Crippen molar-refractivity contribution in [3.63, 3.8) is 0 Å². The van der Waals surface area contributed by atoms with Gasteiger partial charge in [-0.15, -0.1) is 0 Å². The van der Waals surface area contributed by atoms with Gasteiger partial charge in [-0.05, 0) is 37.1 Å². The number of H-pyrrole nitrogens is 1. The van der Waals surface area contributed by atoms with Crippen LogP contribution in [0, 0.1) is 5.92 Å². The van der Waals surface area contributed by atoms with Crippen molar-refractivity contribution in [3.8, 4) is 5.75 Å². The van der Waals surface area contributed by atoms with Crippen LogP contribution in [0.15, 0.2) is 48.7 Å². The van der Waals surface area contributed by atoms with E-state index in [4.69, 9.17) is 4.74 Å². The molecule has 3 aromatic rings. The van der Waals surface area contributed by atoms with Crippen LogP contribution in [0.3, 0.4) is 0 Å². The molecular weight excluding hydrogens is 368 g/mol. The van der Waals surface area contributed by atoms with Gasteiger partial charge in [-0.2, -0.15) is 5.10 Å². The van der Waals surface area contributed by atoms with Gasteiger partial charge in [0.25, 0.3) is 5.91 Å². The molecule has 1 aliphatic rings. The van der Waals surface area contributed by atoms with E-state index in [9.17, 15) is 9.59 Å². The second-order valence-corrected chi connectivity index (χ2v) is 7.29. The number of ether oxygens (including phenoxy) is 1. The minimum Gasteiger partial charge on any atom is -0.496 e. The molecular formula is C22H24N4O3. The van der Waals surface area contributed by atoms with Gasteiger partial charge in [0.2, 0.25) is 5.91 Å². The summed E-state index contributed by atoms with van der Waals surface area (Å²) >= 11 is 0. The lowest BCUT2D eigenvalue weighted by Gasteiger charge is -2.32. The molecule has 1 aliphatic heterocycles. The summed E-state index contributed by atoms with van der Waals surface area (Å²) in [6.45, 7) is 1.50. The Balaban J connectivity index is 1.39. The molecule has 2 aromatic carbocycles. The van der Waals surface area contributed by atoms with Crippen LogP contribution in [0.5, 0.6) is 5.75 Å². The maximum Gasteiger partial charge on any atom is 0.253 e. The number of methoxy groups -OCH3 is 1. The lowest BCUT2D eigenvalue weighted by molar-refractivity contribution is -0.126.